The number of nitrogens with one attached hydrogen (secondary N) is 1. The molecule has 3 heterocycles. The third-order valence-corrected chi connectivity index (χ3v) is 5.34. The maximum Gasteiger partial charge on any atom is 0.341 e. The van der Waals surface area contributed by atoms with Crippen molar-refractivity contribution in [3.05, 3.63) is 53.4 Å². The predicted octanol–water partition coefficient (Wildman–Crippen LogP) is 2.18. The maximum atomic E-state index is 13.7. The van der Waals surface area contributed by atoms with Gasteiger partial charge >= 0.3 is 6.03 Å². The Morgan fingerprint density at radius 1 is 1.12 bits per heavy atom. The molecule has 9 nitrogen and oxygen atoms in total. The van der Waals surface area contributed by atoms with Crippen molar-refractivity contribution >= 4 is 24.1 Å². The van der Waals surface area contributed by atoms with Gasteiger partial charge in [0.15, 0.2) is 0 Å². The fraction of sp³-hybridized carbons (Fsp3) is 0.381. The van der Waals surface area contributed by atoms with Gasteiger partial charge in [-0.3, -0.25) is 4.79 Å². The summed E-state index contributed by atoms with van der Waals surface area (Å²) in [5.74, 6) is -1.23. The summed E-state index contributed by atoms with van der Waals surface area (Å²) in [4.78, 5) is 37.2. The standard InChI is InChI=1S/C21H23F2N7O2/c1-2-24-19(31)17-3-5-25-20(27-17)28-7-9-29(10-8-28)21(32)30-18(4-6-26-30)14-11-15(22)13-16(23)12-14/h3,5-6,11-13,18H,2,4,7-10H2,1H3,(H,24,31). The fourth-order valence-corrected chi connectivity index (χ4v) is 3.76. The normalized spacial score (nSPS) is 18.2. The van der Waals surface area contributed by atoms with Gasteiger partial charge in [0.25, 0.3) is 5.91 Å². The molecule has 11 heteroatoms. The number of aromatic nitrogens is 2. The Morgan fingerprint density at radius 3 is 2.53 bits per heavy atom. The van der Waals surface area contributed by atoms with Gasteiger partial charge < -0.3 is 15.1 Å². The van der Waals surface area contributed by atoms with Crippen molar-refractivity contribution in [2.24, 2.45) is 5.10 Å². The smallest absolute Gasteiger partial charge is 0.341 e. The van der Waals surface area contributed by atoms with Crippen molar-refractivity contribution in [3.63, 3.8) is 0 Å². The minimum Gasteiger partial charge on any atom is -0.351 e. The van der Waals surface area contributed by atoms with E-state index < -0.39 is 17.7 Å². The first-order chi connectivity index (χ1) is 15.5. The van der Waals surface area contributed by atoms with E-state index in [9.17, 15) is 18.4 Å². The summed E-state index contributed by atoms with van der Waals surface area (Å²) in [6.07, 6.45) is 3.49. The van der Waals surface area contributed by atoms with Gasteiger partial charge in [0.05, 0.1) is 6.04 Å². The fourth-order valence-electron chi connectivity index (χ4n) is 3.76. The van der Waals surface area contributed by atoms with Gasteiger partial charge in [-0.15, -0.1) is 0 Å². The molecule has 3 amide bonds. The number of carbonyl (C=O) groups is 2. The van der Waals surface area contributed by atoms with Crippen molar-refractivity contribution in [2.75, 3.05) is 37.6 Å². The Morgan fingerprint density at radius 2 is 1.84 bits per heavy atom. The number of halogens is 2. The molecule has 1 fully saturated rings. The van der Waals surface area contributed by atoms with Gasteiger partial charge in [-0.05, 0) is 30.7 Å². The number of hydrogen-bond donors (Lipinski definition) is 1. The molecular weight excluding hydrogens is 420 g/mol. The highest BCUT2D eigenvalue weighted by Crippen LogP contribution is 2.30. The lowest BCUT2D eigenvalue weighted by Gasteiger charge is -2.37. The first-order valence-corrected chi connectivity index (χ1v) is 10.4. The number of rotatable bonds is 4. The Hall–Kier alpha value is -3.63. The average Bonchev–Trinajstić information content (AvgIpc) is 3.28. The van der Waals surface area contributed by atoms with Crippen molar-refractivity contribution in [1.29, 1.82) is 0 Å². The maximum absolute atomic E-state index is 13.7. The van der Waals surface area contributed by atoms with E-state index >= 15 is 0 Å². The van der Waals surface area contributed by atoms with Crippen LogP contribution < -0.4 is 10.2 Å². The second-order valence-electron chi connectivity index (χ2n) is 7.45. The molecule has 1 aromatic heterocycles. The second kappa shape index (κ2) is 9.25. The number of nitrogens with zero attached hydrogens (tertiary/aromatic N) is 6. The number of urea groups is 1. The number of hydrazone groups is 1. The molecule has 1 N–H and O–H groups in total. The quantitative estimate of drug-likeness (QED) is 0.782. The average molecular weight is 443 g/mol. The first-order valence-electron chi connectivity index (χ1n) is 10.4. The predicted molar refractivity (Wildman–Crippen MR) is 113 cm³/mol. The van der Waals surface area contributed by atoms with Crippen LogP contribution in [-0.4, -0.2) is 70.8 Å². The zero-order valence-electron chi connectivity index (χ0n) is 17.5. The Labute approximate surface area is 183 Å². The van der Waals surface area contributed by atoms with Crippen LogP contribution in [0.5, 0.6) is 0 Å². The largest absolute Gasteiger partial charge is 0.351 e. The minimum absolute atomic E-state index is 0.267. The van der Waals surface area contributed by atoms with Crippen molar-refractivity contribution in [1.82, 2.24) is 25.2 Å². The van der Waals surface area contributed by atoms with Gasteiger partial charge in [0, 0.05) is 57.6 Å². The molecule has 1 unspecified atom stereocenters. The number of carbonyl (C=O) groups excluding carboxylic acids is 2. The molecule has 0 spiro atoms. The number of anilines is 1. The third-order valence-electron chi connectivity index (χ3n) is 5.34. The molecule has 0 aliphatic carbocycles. The summed E-state index contributed by atoms with van der Waals surface area (Å²) in [6, 6.07) is 3.91. The molecule has 2 aromatic rings. The van der Waals surface area contributed by atoms with Crippen LogP contribution >= 0.6 is 0 Å². The molecule has 0 saturated carbocycles. The summed E-state index contributed by atoms with van der Waals surface area (Å²) in [5, 5.41) is 8.12. The SMILES string of the molecule is CCNC(=O)c1ccnc(N2CCN(C(=O)N3N=CCC3c3cc(F)cc(F)c3)CC2)n1. The summed E-state index contributed by atoms with van der Waals surface area (Å²) in [6.45, 7) is 4.06. The Bertz CT molecular complexity index is 1020. The minimum atomic E-state index is -0.692. The molecule has 0 bridgehead atoms. The first kappa shape index (κ1) is 21.6. The van der Waals surface area contributed by atoms with Crippen molar-refractivity contribution in [3.8, 4) is 0 Å². The monoisotopic (exact) mass is 443 g/mol. The van der Waals surface area contributed by atoms with Gasteiger partial charge in [-0.1, -0.05) is 0 Å². The molecule has 32 heavy (non-hydrogen) atoms. The topological polar surface area (TPSA) is 94.0 Å². The van der Waals surface area contributed by atoms with Crippen molar-refractivity contribution in [2.45, 2.75) is 19.4 Å². The summed E-state index contributed by atoms with van der Waals surface area (Å²) in [7, 11) is 0. The van der Waals surface area contributed by atoms with E-state index in [1.807, 2.05) is 11.8 Å². The van der Waals surface area contributed by atoms with E-state index in [-0.39, 0.29) is 17.6 Å². The molecule has 4 rings (SSSR count). The molecule has 0 radical (unpaired) electrons. The Kier molecular flexibility index (Phi) is 6.24. The molecule has 2 aliphatic heterocycles. The molecule has 168 valence electrons. The molecule has 2 aliphatic rings. The van der Waals surface area contributed by atoms with E-state index in [1.54, 1.807) is 17.2 Å². The lowest BCUT2D eigenvalue weighted by atomic mass is 10.0. The number of piperazine rings is 1. The van der Waals surface area contributed by atoms with E-state index in [2.05, 4.69) is 20.4 Å². The van der Waals surface area contributed by atoms with Gasteiger partial charge in [0.1, 0.15) is 17.3 Å². The van der Waals surface area contributed by atoms with Crippen LogP contribution in [0.2, 0.25) is 0 Å². The van der Waals surface area contributed by atoms with Crippen molar-refractivity contribution < 1.29 is 18.4 Å². The van der Waals surface area contributed by atoms with E-state index in [4.69, 9.17) is 0 Å². The van der Waals surface area contributed by atoms with Crippen LogP contribution in [0.1, 0.15) is 35.4 Å². The van der Waals surface area contributed by atoms with Crippen LogP contribution in [0.4, 0.5) is 19.5 Å². The molecule has 1 atom stereocenters. The van der Waals surface area contributed by atoms with Crippen LogP contribution in [-0.2, 0) is 0 Å². The molecule has 1 aromatic carbocycles. The Balaban J connectivity index is 1.41. The van der Waals surface area contributed by atoms with Gasteiger partial charge in [0.2, 0.25) is 5.95 Å². The summed E-state index contributed by atoms with van der Waals surface area (Å²) < 4.78 is 27.3. The third kappa shape index (κ3) is 4.51. The second-order valence-corrected chi connectivity index (χ2v) is 7.45. The van der Waals surface area contributed by atoms with E-state index in [1.165, 1.54) is 23.3 Å². The van der Waals surface area contributed by atoms with E-state index in [0.29, 0.717) is 50.7 Å². The van der Waals surface area contributed by atoms with Crippen LogP contribution in [0.15, 0.2) is 35.6 Å². The lowest BCUT2D eigenvalue weighted by molar-refractivity contribution is 0.0950. The lowest BCUT2D eigenvalue weighted by Crippen LogP contribution is -2.52. The molecule has 1 saturated heterocycles. The van der Waals surface area contributed by atoms with Crippen LogP contribution in [0.3, 0.4) is 0 Å². The van der Waals surface area contributed by atoms with Crippen LogP contribution in [0, 0.1) is 11.6 Å². The highest BCUT2D eigenvalue weighted by atomic mass is 19.1. The summed E-state index contributed by atoms with van der Waals surface area (Å²) >= 11 is 0. The molecular formula is C21H23F2N7O2. The number of hydrogen-bond acceptors (Lipinski definition) is 6. The van der Waals surface area contributed by atoms with Gasteiger partial charge in [-0.25, -0.2) is 28.6 Å². The van der Waals surface area contributed by atoms with E-state index in [0.717, 1.165) is 6.07 Å². The van der Waals surface area contributed by atoms with Gasteiger partial charge in [-0.2, -0.15) is 5.10 Å². The highest BCUT2D eigenvalue weighted by Gasteiger charge is 2.33. The zero-order valence-corrected chi connectivity index (χ0v) is 17.5. The summed E-state index contributed by atoms with van der Waals surface area (Å²) in [5.41, 5.74) is 0.648. The van der Waals surface area contributed by atoms with Crippen LogP contribution in [0.25, 0.3) is 0 Å². The zero-order chi connectivity index (χ0) is 22.7. The highest BCUT2D eigenvalue weighted by molar-refractivity contribution is 5.92. The number of benzene rings is 1. The number of amides is 3.